The molecule has 0 bridgehead atoms. The number of aromatic nitrogens is 1. The zero-order valence-electron chi connectivity index (χ0n) is 15.2. The molecule has 1 aliphatic rings. The first-order chi connectivity index (χ1) is 11.4. The summed E-state index contributed by atoms with van der Waals surface area (Å²) in [6.45, 7) is 11.5. The van der Waals surface area contributed by atoms with Crippen molar-refractivity contribution >= 4 is 5.91 Å². The standard InChI is InChI=1S/C20H26N2O2/c1-13-7-6-8-18(9-13)22-14(2)10-19(17(22)5)20(23)21-11-15(3)24-16(4)12-21/h6-10,15-16H,11-12H2,1-5H3. The molecule has 0 radical (unpaired) electrons. The van der Waals surface area contributed by atoms with Crippen molar-refractivity contribution in [3.63, 3.8) is 0 Å². The van der Waals surface area contributed by atoms with E-state index in [0.29, 0.717) is 13.1 Å². The van der Waals surface area contributed by atoms with Gasteiger partial charge in [-0.1, -0.05) is 12.1 Å². The average molecular weight is 326 g/mol. The molecule has 0 aliphatic carbocycles. The van der Waals surface area contributed by atoms with Crippen molar-refractivity contribution in [1.82, 2.24) is 9.47 Å². The van der Waals surface area contributed by atoms with Gasteiger partial charge in [-0.3, -0.25) is 4.79 Å². The predicted molar refractivity (Wildman–Crippen MR) is 95.9 cm³/mol. The lowest BCUT2D eigenvalue weighted by atomic mass is 10.1. The second-order valence-corrected chi connectivity index (χ2v) is 6.93. The highest BCUT2D eigenvalue weighted by Gasteiger charge is 2.28. The summed E-state index contributed by atoms with van der Waals surface area (Å²) in [4.78, 5) is 15.0. The molecule has 2 heterocycles. The molecule has 4 heteroatoms. The van der Waals surface area contributed by atoms with Crippen LogP contribution in [0.15, 0.2) is 30.3 Å². The number of benzene rings is 1. The van der Waals surface area contributed by atoms with Crippen LogP contribution in [0.4, 0.5) is 0 Å². The normalized spacial score (nSPS) is 21.1. The second kappa shape index (κ2) is 6.44. The van der Waals surface area contributed by atoms with Gasteiger partial charge in [0.15, 0.2) is 0 Å². The van der Waals surface area contributed by atoms with Crippen LogP contribution in [-0.2, 0) is 4.74 Å². The van der Waals surface area contributed by atoms with Gasteiger partial charge in [-0.25, -0.2) is 0 Å². The van der Waals surface area contributed by atoms with Gasteiger partial charge in [-0.05, 0) is 58.4 Å². The number of hydrogen-bond donors (Lipinski definition) is 0. The number of carbonyl (C=O) groups excluding carboxylic acids is 1. The van der Waals surface area contributed by atoms with Crippen LogP contribution in [0.25, 0.3) is 5.69 Å². The van der Waals surface area contributed by atoms with Crippen LogP contribution in [0.2, 0.25) is 0 Å². The maximum absolute atomic E-state index is 13.0. The van der Waals surface area contributed by atoms with E-state index >= 15 is 0 Å². The third-order valence-electron chi connectivity index (χ3n) is 4.63. The topological polar surface area (TPSA) is 34.5 Å². The molecule has 1 aromatic heterocycles. The number of ether oxygens (including phenoxy) is 1. The Kier molecular flexibility index (Phi) is 4.50. The van der Waals surface area contributed by atoms with Gasteiger partial charge >= 0.3 is 0 Å². The maximum Gasteiger partial charge on any atom is 0.255 e. The molecule has 1 aromatic carbocycles. The van der Waals surface area contributed by atoms with Crippen molar-refractivity contribution in [2.45, 2.75) is 46.8 Å². The smallest absolute Gasteiger partial charge is 0.255 e. The molecule has 2 aromatic rings. The Morgan fingerprint density at radius 2 is 1.75 bits per heavy atom. The van der Waals surface area contributed by atoms with Crippen molar-refractivity contribution in [3.05, 3.63) is 52.8 Å². The highest BCUT2D eigenvalue weighted by molar-refractivity contribution is 5.96. The second-order valence-electron chi connectivity index (χ2n) is 6.93. The highest BCUT2D eigenvalue weighted by atomic mass is 16.5. The molecule has 0 saturated carbocycles. The SMILES string of the molecule is Cc1cccc(-n2c(C)cc(C(=O)N3CC(C)OC(C)C3)c2C)c1. The van der Waals surface area contributed by atoms with E-state index in [9.17, 15) is 4.79 Å². The third-order valence-corrected chi connectivity index (χ3v) is 4.63. The Morgan fingerprint density at radius 1 is 1.08 bits per heavy atom. The number of aryl methyl sites for hydroxylation is 2. The van der Waals surface area contributed by atoms with Crippen LogP contribution >= 0.6 is 0 Å². The monoisotopic (exact) mass is 326 g/mol. The summed E-state index contributed by atoms with van der Waals surface area (Å²) in [6, 6.07) is 10.4. The summed E-state index contributed by atoms with van der Waals surface area (Å²) in [6.07, 6.45) is 0.163. The molecular formula is C20H26N2O2. The maximum atomic E-state index is 13.0. The number of amides is 1. The minimum atomic E-state index is 0.0814. The average Bonchev–Trinajstić information content (AvgIpc) is 2.80. The summed E-state index contributed by atoms with van der Waals surface area (Å²) in [7, 11) is 0. The number of morpholine rings is 1. The van der Waals surface area contributed by atoms with Gasteiger partial charge in [0.25, 0.3) is 5.91 Å². The van der Waals surface area contributed by atoms with Gasteiger partial charge < -0.3 is 14.2 Å². The van der Waals surface area contributed by atoms with Crippen molar-refractivity contribution in [2.75, 3.05) is 13.1 Å². The lowest BCUT2D eigenvalue weighted by Gasteiger charge is -2.35. The van der Waals surface area contributed by atoms with E-state index in [2.05, 4.69) is 42.7 Å². The van der Waals surface area contributed by atoms with Crippen molar-refractivity contribution in [2.24, 2.45) is 0 Å². The lowest BCUT2D eigenvalue weighted by Crippen LogP contribution is -2.48. The first-order valence-electron chi connectivity index (χ1n) is 8.57. The number of rotatable bonds is 2. The molecule has 2 atom stereocenters. The van der Waals surface area contributed by atoms with E-state index in [1.165, 1.54) is 5.56 Å². The Morgan fingerprint density at radius 3 is 2.38 bits per heavy atom. The van der Waals surface area contributed by atoms with Gasteiger partial charge in [0.1, 0.15) is 0 Å². The lowest BCUT2D eigenvalue weighted by molar-refractivity contribution is -0.0586. The number of carbonyl (C=O) groups is 1. The summed E-state index contributed by atoms with van der Waals surface area (Å²) in [5, 5.41) is 0. The van der Waals surface area contributed by atoms with E-state index < -0.39 is 0 Å². The Labute approximate surface area is 144 Å². The van der Waals surface area contributed by atoms with E-state index in [4.69, 9.17) is 4.74 Å². The van der Waals surface area contributed by atoms with Crippen LogP contribution in [0.1, 0.15) is 41.2 Å². The van der Waals surface area contributed by atoms with Crippen LogP contribution in [0, 0.1) is 20.8 Å². The van der Waals surface area contributed by atoms with Gasteiger partial charge in [-0.2, -0.15) is 0 Å². The molecule has 1 fully saturated rings. The minimum Gasteiger partial charge on any atom is -0.372 e. The zero-order chi connectivity index (χ0) is 17.4. The number of hydrogen-bond acceptors (Lipinski definition) is 2. The molecule has 1 amide bonds. The summed E-state index contributed by atoms with van der Waals surface area (Å²) >= 11 is 0. The van der Waals surface area contributed by atoms with Crippen LogP contribution < -0.4 is 0 Å². The number of nitrogens with zero attached hydrogens (tertiary/aromatic N) is 2. The summed E-state index contributed by atoms with van der Waals surface area (Å²) < 4.78 is 7.91. The molecule has 1 saturated heterocycles. The molecule has 128 valence electrons. The molecule has 4 nitrogen and oxygen atoms in total. The van der Waals surface area contributed by atoms with Gasteiger partial charge in [0.2, 0.25) is 0 Å². The van der Waals surface area contributed by atoms with Crippen molar-refractivity contribution in [3.8, 4) is 5.69 Å². The largest absolute Gasteiger partial charge is 0.372 e. The fourth-order valence-electron chi connectivity index (χ4n) is 3.66. The highest BCUT2D eigenvalue weighted by Crippen LogP contribution is 2.24. The van der Waals surface area contributed by atoms with E-state index in [1.54, 1.807) is 0 Å². The summed E-state index contributed by atoms with van der Waals surface area (Å²) in [5.74, 6) is 0.101. The fraction of sp³-hybridized carbons (Fsp3) is 0.450. The molecule has 24 heavy (non-hydrogen) atoms. The van der Waals surface area contributed by atoms with Gasteiger partial charge in [0, 0.05) is 30.2 Å². The first kappa shape index (κ1) is 16.8. The Balaban J connectivity index is 1.95. The molecular weight excluding hydrogens is 300 g/mol. The van der Waals surface area contributed by atoms with E-state index in [-0.39, 0.29) is 18.1 Å². The van der Waals surface area contributed by atoms with E-state index in [0.717, 1.165) is 22.6 Å². The molecule has 2 unspecified atom stereocenters. The Bertz CT molecular complexity index is 753. The van der Waals surface area contributed by atoms with Crippen LogP contribution in [-0.4, -0.2) is 40.7 Å². The molecule has 0 N–H and O–H groups in total. The zero-order valence-corrected chi connectivity index (χ0v) is 15.2. The molecule has 0 spiro atoms. The predicted octanol–water partition coefficient (Wildman–Crippen LogP) is 3.65. The minimum absolute atomic E-state index is 0.0814. The van der Waals surface area contributed by atoms with Crippen LogP contribution in [0.3, 0.4) is 0 Å². The van der Waals surface area contributed by atoms with E-state index in [1.807, 2.05) is 31.7 Å². The van der Waals surface area contributed by atoms with Crippen LogP contribution in [0.5, 0.6) is 0 Å². The Hall–Kier alpha value is -2.07. The summed E-state index contributed by atoms with van der Waals surface area (Å²) in [5.41, 5.74) is 5.18. The van der Waals surface area contributed by atoms with Crippen molar-refractivity contribution < 1.29 is 9.53 Å². The quantitative estimate of drug-likeness (QED) is 0.844. The third kappa shape index (κ3) is 3.11. The fourth-order valence-corrected chi connectivity index (χ4v) is 3.66. The first-order valence-corrected chi connectivity index (χ1v) is 8.57. The van der Waals surface area contributed by atoms with Crippen molar-refractivity contribution in [1.29, 1.82) is 0 Å². The molecule has 3 rings (SSSR count). The van der Waals surface area contributed by atoms with Gasteiger partial charge in [-0.15, -0.1) is 0 Å². The van der Waals surface area contributed by atoms with Gasteiger partial charge in [0.05, 0.1) is 17.8 Å². The molecule has 1 aliphatic heterocycles.